The molecule has 5 nitrogen and oxygen atoms in total. The summed E-state index contributed by atoms with van der Waals surface area (Å²) in [6.07, 6.45) is 5.49. The second-order valence-corrected chi connectivity index (χ2v) is 4.21. The third kappa shape index (κ3) is 1.80. The topological polar surface area (TPSA) is 78.9 Å². The van der Waals surface area contributed by atoms with Gasteiger partial charge in [-0.05, 0) is 25.0 Å². The van der Waals surface area contributed by atoms with Crippen LogP contribution in [0.15, 0.2) is 24.5 Å². The quantitative estimate of drug-likeness (QED) is 0.844. The van der Waals surface area contributed by atoms with E-state index in [0.29, 0.717) is 5.92 Å². The summed E-state index contributed by atoms with van der Waals surface area (Å²) in [6, 6.07) is 3.29. The predicted molar refractivity (Wildman–Crippen MR) is 60.8 cm³/mol. The third-order valence-electron chi connectivity index (χ3n) is 2.94. The van der Waals surface area contributed by atoms with Crippen molar-refractivity contribution in [2.75, 3.05) is 0 Å². The Morgan fingerprint density at radius 2 is 2.18 bits per heavy atom. The number of rotatable bonds is 3. The van der Waals surface area contributed by atoms with Crippen molar-refractivity contribution in [1.82, 2.24) is 15.2 Å². The van der Waals surface area contributed by atoms with E-state index in [1.165, 1.54) is 19.0 Å². The van der Waals surface area contributed by atoms with Crippen molar-refractivity contribution < 1.29 is 9.90 Å². The SMILES string of the molecule is O=C(O)c1ccc(-c2cn[nH]c2C2CC2)nc1. The Kier molecular flexibility index (Phi) is 2.18. The van der Waals surface area contributed by atoms with Crippen molar-refractivity contribution in [2.45, 2.75) is 18.8 Å². The number of nitrogens with one attached hydrogen (secondary N) is 1. The summed E-state index contributed by atoms with van der Waals surface area (Å²) < 4.78 is 0. The van der Waals surface area contributed by atoms with Crippen LogP contribution in [0.25, 0.3) is 11.3 Å². The van der Waals surface area contributed by atoms with Crippen molar-refractivity contribution in [2.24, 2.45) is 0 Å². The lowest BCUT2D eigenvalue weighted by Gasteiger charge is -2.01. The van der Waals surface area contributed by atoms with Crippen molar-refractivity contribution in [1.29, 1.82) is 0 Å². The van der Waals surface area contributed by atoms with Gasteiger partial charge in [-0.15, -0.1) is 0 Å². The minimum absolute atomic E-state index is 0.199. The van der Waals surface area contributed by atoms with Crippen molar-refractivity contribution in [3.8, 4) is 11.3 Å². The Morgan fingerprint density at radius 1 is 1.35 bits per heavy atom. The molecule has 2 aromatic rings. The molecule has 0 bridgehead atoms. The number of carbonyl (C=O) groups is 1. The Bertz CT molecular complexity index is 555. The molecule has 0 aromatic carbocycles. The first kappa shape index (κ1) is 10.0. The van der Waals surface area contributed by atoms with Gasteiger partial charge in [0.1, 0.15) is 0 Å². The number of nitrogens with zero attached hydrogens (tertiary/aromatic N) is 2. The summed E-state index contributed by atoms with van der Waals surface area (Å²) >= 11 is 0. The van der Waals surface area contributed by atoms with Crippen molar-refractivity contribution in [3.63, 3.8) is 0 Å². The van der Waals surface area contributed by atoms with Gasteiger partial charge < -0.3 is 5.11 Å². The largest absolute Gasteiger partial charge is 0.478 e. The minimum atomic E-state index is -0.960. The molecule has 2 heterocycles. The molecule has 0 aliphatic heterocycles. The minimum Gasteiger partial charge on any atom is -0.478 e. The molecule has 1 fully saturated rings. The molecule has 2 N–H and O–H groups in total. The maximum atomic E-state index is 10.7. The van der Waals surface area contributed by atoms with Crippen LogP contribution in [0, 0.1) is 0 Å². The number of aromatic amines is 1. The average molecular weight is 229 g/mol. The Labute approximate surface area is 97.5 Å². The van der Waals surface area contributed by atoms with Crippen LogP contribution in [0.1, 0.15) is 34.8 Å². The number of hydrogen-bond donors (Lipinski definition) is 2. The highest BCUT2D eigenvalue weighted by Crippen LogP contribution is 2.42. The van der Waals surface area contributed by atoms with Crippen molar-refractivity contribution >= 4 is 5.97 Å². The first-order valence-corrected chi connectivity index (χ1v) is 5.48. The molecule has 0 amide bonds. The lowest BCUT2D eigenvalue weighted by molar-refractivity contribution is 0.0696. The monoisotopic (exact) mass is 229 g/mol. The Morgan fingerprint density at radius 3 is 2.76 bits per heavy atom. The maximum Gasteiger partial charge on any atom is 0.337 e. The highest BCUT2D eigenvalue weighted by atomic mass is 16.4. The molecule has 0 radical (unpaired) electrons. The third-order valence-corrected chi connectivity index (χ3v) is 2.94. The fourth-order valence-electron chi connectivity index (χ4n) is 1.86. The molecular weight excluding hydrogens is 218 g/mol. The fourth-order valence-corrected chi connectivity index (χ4v) is 1.86. The van der Waals surface area contributed by atoms with E-state index in [4.69, 9.17) is 5.11 Å². The molecule has 1 saturated carbocycles. The van der Waals surface area contributed by atoms with Crippen LogP contribution < -0.4 is 0 Å². The van der Waals surface area contributed by atoms with Crippen LogP contribution in [-0.2, 0) is 0 Å². The van der Waals surface area contributed by atoms with Gasteiger partial charge >= 0.3 is 5.97 Å². The molecule has 0 unspecified atom stereocenters. The van der Waals surface area contributed by atoms with E-state index in [1.807, 2.05) is 0 Å². The molecule has 2 aromatic heterocycles. The lowest BCUT2D eigenvalue weighted by Crippen LogP contribution is -1.97. The van der Waals surface area contributed by atoms with Crippen LogP contribution in [0.2, 0.25) is 0 Å². The molecule has 1 aliphatic rings. The zero-order chi connectivity index (χ0) is 11.8. The van der Waals surface area contributed by atoms with Crippen molar-refractivity contribution in [3.05, 3.63) is 35.8 Å². The molecule has 17 heavy (non-hydrogen) atoms. The standard InChI is InChI=1S/C12H11N3O2/c16-12(17)8-3-4-10(13-5-8)9-6-14-15-11(9)7-1-2-7/h3-7H,1-2H2,(H,14,15)(H,16,17). The number of carboxylic acids is 1. The van der Waals surface area contributed by atoms with Gasteiger partial charge in [0.05, 0.1) is 17.5 Å². The molecule has 5 heteroatoms. The maximum absolute atomic E-state index is 10.7. The summed E-state index contributed by atoms with van der Waals surface area (Å²) in [6.45, 7) is 0. The van der Waals surface area contributed by atoms with E-state index >= 15 is 0 Å². The van der Waals surface area contributed by atoms with Gasteiger partial charge in [-0.2, -0.15) is 5.10 Å². The van der Waals surface area contributed by atoms with Crippen LogP contribution in [0.3, 0.4) is 0 Å². The van der Waals surface area contributed by atoms with E-state index < -0.39 is 5.97 Å². The van der Waals surface area contributed by atoms with E-state index in [1.54, 1.807) is 18.3 Å². The van der Waals surface area contributed by atoms with Crippen LogP contribution in [0.5, 0.6) is 0 Å². The van der Waals surface area contributed by atoms with E-state index in [-0.39, 0.29) is 5.56 Å². The molecule has 0 spiro atoms. The Hall–Kier alpha value is -2.17. The summed E-state index contributed by atoms with van der Waals surface area (Å²) in [7, 11) is 0. The first-order chi connectivity index (χ1) is 8.25. The average Bonchev–Trinajstić information content (AvgIpc) is 3.07. The highest BCUT2D eigenvalue weighted by Gasteiger charge is 2.28. The Balaban J connectivity index is 1.97. The van der Waals surface area contributed by atoms with Gasteiger partial charge in [0, 0.05) is 23.4 Å². The molecule has 1 aliphatic carbocycles. The fraction of sp³-hybridized carbons (Fsp3) is 0.250. The molecule has 86 valence electrons. The number of H-pyrrole nitrogens is 1. The van der Waals surface area contributed by atoms with Crippen LogP contribution in [-0.4, -0.2) is 26.3 Å². The normalized spacial score (nSPS) is 14.8. The number of aromatic carboxylic acids is 1. The first-order valence-electron chi connectivity index (χ1n) is 5.48. The molecular formula is C12H11N3O2. The summed E-state index contributed by atoms with van der Waals surface area (Å²) in [5.74, 6) is -0.396. The number of hydrogen-bond acceptors (Lipinski definition) is 3. The van der Waals surface area contributed by atoms with Gasteiger partial charge in [-0.1, -0.05) is 0 Å². The second-order valence-electron chi connectivity index (χ2n) is 4.21. The second kappa shape index (κ2) is 3.69. The van der Waals surface area contributed by atoms with Crippen LogP contribution >= 0.6 is 0 Å². The van der Waals surface area contributed by atoms with Gasteiger partial charge in [0.25, 0.3) is 0 Å². The summed E-state index contributed by atoms with van der Waals surface area (Å²) in [4.78, 5) is 14.9. The number of pyridine rings is 1. The number of carboxylic acid groups (broad SMARTS) is 1. The van der Waals surface area contributed by atoms with Gasteiger partial charge in [0.2, 0.25) is 0 Å². The summed E-state index contributed by atoms with van der Waals surface area (Å²) in [5, 5.41) is 15.8. The van der Waals surface area contributed by atoms with E-state index in [9.17, 15) is 4.79 Å². The van der Waals surface area contributed by atoms with Gasteiger partial charge in [-0.3, -0.25) is 10.1 Å². The van der Waals surface area contributed by atoms with Gasteiger partial charge in [0.15, 0.2) is 0 Å². The zero-order valence-electron chi connectivity index (χ0n) is 9.05. The van der Waals surface area contributed by atoms with Gasteiger partial charge in [-0.25, -0.2) is 4.79 Å². The smallest absolute Gasteiger partial charge is 0.337 e. The van der Waals surface area contributed by atoms with Crippen LogP contribution in [0.4, 0.5) is 0 Å². The molecule has 0 atom stereocenters. The zero-order valence-corrected chi connectivity index (χ0v) is 9.05. The van der Waals surface area contributed by atoms with E-state index in [2.05, 4.69) is 15.2 Å². The highest BCUT2D eigenvalue weighted by molar-refractivity contribution is 5.87. The number of aromatic nitrogens is 3. The van der Waals surface area contributed by atoms with E-state index in [0.717, 1.165) is 17.0 Å². The molecule has 0 saturated heterocycles. The molecule has 3 rings (SSSR count). The predicted octanol–water partition coefficient (Wildman–Crippen LogP) is 2.05. The lowest BCUT2D eigenvalue weighted by atomic mass is 10.1. The summed E-state index contributed by atoms with van der Waals surface area (Å²) in [5.41, 5.74) is 3.06.